The molecule has 0 aromatic carbocycles. The molecule has 6 heteroatoms. The first-order valence-electron chi connectivity index (χ1n) is 5.18. The number of rotatable bonds is 3. The molecule has 2 heterocycles. The van der Waals surface area contributed by atoms with Gasteiger partial charge < -0.3 is 0 Å². The van der Waals surface area contributed by atoms with Gasteiger partial charge in [0.05, 0.1) is 11.2 Å². The minimum Gasteiger partial charge on any atom is -0.283 e. The standard InChI is InChI=1S/C11H11ClN4O/c1-3-16-9(8(12)6-15-16)10(17)11-13-4-7(2)5-14-11/h4-6H,3H2,1-2H3. The van der Waals surface area contributed by atoms with Gasteiger partial charge in [0.15, 0.2) is 0 Å². The minimum atomic E-state index is -0.311. The molecule has 5 nitrogen and oxygen atoms in total. The van der Waals surface area contributed by atoms with Gasteiger partial charge in [-0.05, 0) is 19.4 Å². The largest absolute Gasteiger partial charge is 0.283 e. The van der Waals surface area contributed by atoms with Crippen LogP contribution in [0.4, 0.5) is 0 Å². The Balaban J connectivity index is 2.43. The zero-order chi connectivity index (χ0) is 12.4. The first kappa shape index (κ1) is 11.7. The summed E-state index contributed by atoms with van der Waals surface area (Å²) in [7, 11) is 0. The number of carbonyl (C=O) groups excluding carboxylic acids is 1. The summed E-state index contributed by atoms with van der Waals surface area (Å²) in [4.78, 5) is 20.1. The molecule has 0 saturated carbocycles. The van der Waals surface area contributed by atoms with Gasteiger partial charge in [-0.15, -0.1) is 0 Å². The highest BCUT2D eigenvalue weighted by molar-refractivity contribution is 6.34. The molecule has 0 amide bonds. The Labute approximate surface area is 103 Å². The molecular weight excluding hydrogens is 240 g/mol. The Hall–Kier alpha value is -1.75. The first-order valence-corrected chi connectivity index (χ1v) is 5.56. The lowest BCUT2D eigenvalue weighted by Gasteiger charge is -2.03. The zero-order valence-corrected chi connectivity index (χ0v) is 10.3. The van der Waals surface area contributed by atoms with Crippen LogP contribution >= 0.6 is 11.6 Å². The molecule has 2 rings (SSSR count). The third kappa shape index (κ3) is 2.19. The molecule has 0 N–H and O–H groups in total. The van der Waals surface area contributed by atoms with Crippen LogP contribution < -0.4 is 0 Å². The Kier molecular flexibility index (Phi) is 3.19. The monoisotopic (exact) mass is 250 g/mol. The van der Waals surface area contributed by atoms with E-state index in [2.05, 4.69) is 15.1 Å². The van der Waals surface area contributed by atoms with Crippen molar-refractivity contribution in [1.82, 2.24) is 19.7 Å². The second kappa shape index (κ2) is 4.63. The van der Waals surface area contributed by atoms with E-state index in [1.54, 1.807) is 12.4 Å². The van der Waals surface area contributed by atoms with Crippen LogP contribution in [0.5, 0.6) is 0 Å². The van der Waals surface area contributed by atoms with Gasteiger partial charge in [-0.1, -0.05) is 11.6 Å². The third-order valence-corrected chi connectivity index (χ3v) is 2.57. The summed E-state index contributed by atoms with van der Waals surface area (Å²) in [5, 5.41) is 4.33. The van der Waals surface area contributed by atoms with Crippen LogP contribution in [-0.4, -0.2) is 25.5 Å². The number of aryl methyl sites for hydroxylation is 2. The molecule has 2 aromatic heterocycles. The fourth-order valence-electron chi connectivity index (χ4n) is 1.44. The number of halogens is 1. The maximum absolute atomic E-state index is 12.1. The van der Waals surface area contributed by atoms with Crippen molar-refractivity contribution in [1.29, 1.82) is 0 Å². The van der Waals surface area contributed by atoms with Crippen LogP contribution in [0.1, 0.15) is 28.8 Å². The van der Waals surface area contributed by atoms with Crippen LogP contribution in [0.3, 0.4) is 0 Å². The molecule has 0 radical (unpaired) electrons. The second-order valence-electron chi connectivity index (χ2n) is 3.57. The molecule has 0 spiro atoms. The van der Waals surface area contributed by atoms with Crippen LogP contribution in [0, 0.1) is 6.92 Å². The average Bonchev–Trinajstić information content (AvgIpc) is 2.70. The number of nitrogens with zero attached hydrogens (tertiary/aromatic N) is 4. The van der Waals surface area contributed by atoms with E-state index in [1.165, 1.54) is 10.9 Å². The molecule has 0 fully saturated rings. The summed E-state index contributed by atoms with van der Waals surface area (Å²) in [5.74, 6) is -0.179. The number of hydrogen-bond acceptors (Lipinski definition) is 4. The molecule has 0 unspecified atom stereocenters. The number of hydrogen-bond donors (Lipinski definition) is 0. The highest BCUT2D eigenvalue weighted by Gasteiger charge is 2.20. The van der Waals surface area contributed by atoms with Crippen molar-refractivity contribution < 1.29 is 4.79 Å². The molecule has 0 bridgehead atoms. The summed E-state index contributed by atoms with van der Waals surface area (Å²) < 4.78 is 1.54. The van der Waals surface area contributed by atoms with Crippen molar-refractivity contribution in [2.24, 2.45) is 0 Å². The quantitative estimate of drug-likeness (QED) is 0.781. The summed E-state index contributed by atoms with van der Waals surface area (Å²) in [6, 6.07) is 0. The van der Waals surface area contributed by atoms with Crippen molar-refractivity contribution in [3.05, 3.63) is 40.7 Å². The fourth-order valence-corrected chi connectivity index (χ4v) is 1.67. The van der Waals surface area contributed by atoms with E-state index < -0.39 is 0 Å². The highest BCUT2D eigenvalue weighted by atomic mass is 35.5. The highest BCUT2D eigenvalue weighted by Crippen LogP contribution is 2.17. The van der Waals surface area contributed by atoms with Crippen LogP contribution in [0.15, 0.2) is 18.6 Å². The van der Waals surface area contributed by atoms with Gasteiger partial charge >= 0.3 is 0 Å². The Morgan fingerprint density at radius 2 is 2.00 bits per heavy atom. The molecule has 0 atom stereocenters. The number of carbonyl (C=O) groups is 1. The van der Waals surface area contributed by atoms with E-state index in [0.29, 0.717) is 17.3 Å². The molecule has 0 saturated heterocycles. The van der Waals surface area contributed by atoms with E-state index in [-0.39, 0.29) is 11.6 Å². The summed E-state index contributed by atoms with van der Waals surface area (Å²) in [6.07, 6.45) is 4.65. The van der Waals surface area contributed by atoms with Crippen molar-refractivity contribution >= 4 is 17.4 Å². The van der Waals surface area contributed by atoms with Gasteiger partial charge in [0, 0.05) is 18.9 Å². The third-order valence-electron chi connectivity index (χ3n) is 2.29. The maximum atomic E-state index is 12.1. The average molecular weight is 251 g/mol. The number of aromatic nitrogens is 4. The van der Waals surface area contributed by atoms with Gasteiger partial charge in [0.2, 0.25) is 11.6 Å². The summed E-state index contributed by atoms with van der Waals surface area (Å²) in [6.45, 7) is 4.31. The van der Waals surface area contributed by atoms with E-state index in [1.807, 2.05) is 13.8 Å². The van der Waals surface area contributed by atoms with Gasteiger partial charge in [-0.3, -0.25) is 9.48 Å². The molecule has 2 aromatic rings. The van der Waals surface area contributed by atoms with Crippen molar-refractivity contribution in [3.8, 4) is 0 Å². The lowest BCUT2D eigenvalue weighted by Crippen LogP contribution is -2.13. The van der Waals surface area contributed by atoms with E-state index in [4.69, 9.17) is 11.6 Å². The second-order valence-corrected chi connectivity index (χ2v) is 3.98. The number of ketones is 1. The Morgan fingerprint density at radius 1 is 1.35 bits per heavy atom. The Morgan fingerprint density at radius 3 is 2.59 bits per heavy atom. The SMILES string of the molecule is CCn1ncc(Cl)c1C(=O)c1ncc(C)cn1. The van der Waals surface area contributed by atoms with E-state index in [9.17, 15) is 4.79 Å². The lowest BCUT2D eigenvalue weighted by atomic mass is 10.2. The molecule has 0 aliphatic heterocycles. The van der Waals surface area contributed by atoms with Gasteiger partial charge in [-0.25, -0.2) is 9.97 Å². The molecular formula is C11H11ClN4O. The van der Waals surface area contributed by atoms with Crippen LogP contribution in [0.25, 0.3) is 0 Å². The predicted molar refractivity (Wildman–Crippen MR) is 63.1 cm³/mol. The van der Waals surface area contributed by atoms with E-state index >= 15 is 0 Å². The summed E-state index contributed by atoms with van der Waals surface area (Å²) in [5.41, 5.74) is 1.23. The molecule has 17 heavy (non-hydrogen) atoms. The predicted octanol–water partition coefficient (Wildman–Crippen LogP) is 1.89. The van der Waals surface area contributed by atoms with Gasteiger partial charge in [-0.2, -0.15) is 5.10 Å². The maximum Gasteiger partial charge on any atom is 0.249 e. The van der Waals surface area contributed by atoms with E-state index in [0.717, 1.165) is 5.56 Å². The summed E-state index contributed by atoms with van der Waals surface area (Å²) >= 11 is 5.94. The van der Waals surface area contributed by atoms with Crippen molar-refractivity contribution in [2.75, 3.05) is 0 Å². The smallest absolute Gasteiger partial charge is 0.249 e. The minimum absolute atomic E-state index is 0.132. The first-order chi connectivity index (χ1) is 8.13. The fraction of sp³-hybridized carbons (Fsp3) is 0.273. The molecule has 0 aliphatic carbocycles. The van der Waals surface area contributed by atoms with Crippen molar-refractivity contribution in [2.45, 2.75) is 20.4 Å². The zero-order valence-electron chi connectivity index (χ0n) is 9.51. The molecule has 88 valence electrons. The van der Waals surface area contributed by atoms with Crippen LogP contribution in [-0.2, 0) is 6.54 Å². The van der Waals surface area contributed by atoms with Crippen molar-refractivity contribution in [3.63, 3.8) is 0 Å². The topological polar surface area (TPSA) is 60.7 Å². The molecule has 0 aliphatic rings. The Bertz CT molecular complexity index is 547. The van der Waals surface area contributed by atoms with Gasteiger partial charge in [0.25, 0.3) is 0 Å². The van der Waals surface area contributed by atoms with Crippen LogP contribution in [0.2, 0.25) is 5.02 Å². The van der Waals surface area contributed by atoms with Gasteiger partial charge in [0.1, 0.15) is 5.69 Å². The lowest BCUT2D eigenvalue weighted by molar-refractivity contribution is 0.101. The normalized spacial score (nSPS) is 10.5.